The Labute approximate surface area is 205 Å². The van der Waals surface area contributed by atoms with Gasteiger partial charge >= 0.3 is 0 Å². The summed E-state index contributed by atoms with van der Waals surface area (Å²) < 4.78 is 16.8. The van der Waals surface area contributed by atoms with Crippen LogP contribution in [-0.4, -0.2) is 36.4 Å². The second kappa shape index (κ2) is 12.6. The van der Waals surface area contributed by atoms with Crippen LogP contribution in [0.4, 0.5) is 5.82 Å². The van der Waals surface area contributed by atoms with Gasteiger partial charge < -0.3 is 19.5 Å². The molecule has 0 unspecified atom stereocenters. The zero-order valence-electron chi connectivity index (χ0n) is 20.0. The van der Waals surface area contributed by atoms with Gasteiger partial charge in [-0.05, 0) is 60.7 Å². The first-order valence-corrected chi connectivity index (χ1v) is 11.9. The number of H-pyrrole nitrogens is 1. The number of fused-ring (bicyclic) bond motifs is 1. The minimum Gasteiger partial charge on any atom is -0.497 e. The lowest BCUT2D eigenvalue weighted by molar-refractivity contribution is -0.115. The molecule has 3 aromatic carbocycles. The van der Waals surface area contributed by atoms with Crippen LogP contribution in [0.15, 0.2) is 72.8 Å². The van der Waals surface area contributed by atoms with Crippen LogP contribution in [0.25, 0.3) is 10.9 Å². The third-order valence-electron chi connectivity index (χ3n) is 5.63. The van der Waals surface area contributed by atoms with Crippen molar-refractivity contribution in [3.8, 4) is 11.5 Å². The summed E-state index contributed by atoms with van der Waals surface area (Å²) >= 11 is 0. The van der Waals surface area contributed by atoms with Gasteiger partial charge in [0.2, 0.25) is 5.91 Å². The number of carbonyl (C=O) groups is 1. The lowest BCUT2D eigenvalue weighted by atomic mass is 10.1. The quantitative estimate of drug-likeness (QED) is 0.250. The Balaban J connectivity index is 1.20. The minimum absolute atomic E-state index is 0.135. The minimum atomic E-state index is -0.135. The van der Waals surface area contributed by atoms with Crippen molar-refractivity contribution in [2.24, 2.45) is 0 Å². The molecule has 0 fully saturated rings. The molecule has 7 heteroatoms. The van der Waals surface area contributed by atoms with E-state index in [0.29, 0.717) is 19.0 Å². The number of anilines is 1. The number of carbonyl (C=O) groups excluding carboxylic acids is 1. The maximum atomic E-state index is 12.5. The van der Waals surface area contributed by atoms with E-state index in [-0.39, 0.29) is 12.3 Å². The lowest BCUT2D eigenvalue weighted by Crippen LogP contribution is -2.14. The van der Waals surface area contributed by atoms with Crippen LogP contribution in [0.5, 0.6) is 11.5 Å². The fraction of sp³-hybridized carbons (Fsp3) is 0.286. The normalized spacial score (nSPS) is 10.9. The first-order valence-electron chi connectivity index (χ1n) is 11.9. The summed E-state index contributed by atoms with van der Waals surface area (Å²) in [6.45, 7) is 2.03. The van der Waals surface area contributed by atoms with Crippen LogP contribution in [0.3, 0.4) is 0 Å². The predicted octanol–water partition coefficient (Wildman–Crippen LogP) is 5.52. The number of hydrogen-bond donors (Lipinski definition) is 2. The first kappa shape index (κ1) is 24.3. The molecule has 35 heavy (non-hydrogen) atoms. The number of aromatic nitrogens is 2. The molecule has 0 spiro atoms. The molecule has 0 aliphatic carbocycles. The Kier molecular flexibility index (Phi) is 8.73. The van der Waals surface area contributed by atoms with Crippen LogP contribution in [0, 0.1) is 0 Å². The van der Waals surface area contributed by atoms with Crippen LogP contribution in [0.2, 0.25) is 0 Å². The molecule has 182 valence electrons. The van der Waals surface area contributed by atoms with E-state index in [2.05, 4.69) is 27.6 Å². The second-order valence-corrected chi connectivity index (χ2v) is 8.30. The molecule has 0 aliphatic rings. The number of nitrogens with zero attached hydrogens (tertiary/aromatic N) is 1. The van der Waals surface area contributed by atoms with E-state index in [0.717, 1.165) is 53.8 Å². The average molecular weight is 474 g/mol. The van der Waals surface area contributed by atoms with E-state index in [9.17, 15) is 4.79 Å². The summed E-state index contributed by atoms with van der Waals surface area (Å²) in [6.07, 6.45) is 3.24. The molecule has 4 aromatic rings. The molecule has 2 N–H and O–H groups in total. The summed E-state index contributed by atoms with van der Waals surface area (Å²) in [6, 6.07) is 23.4. The highest BCUT2D eigenvalue weighted by Crippen LogP contribution is 2.26. The topological polar surface area (TPSA) is 85.5 Å². The number of rotatable bonds is 13. The summed E-state index contributed by atoms with van der Waals surface area (Å²) in [5.41, 5.74) is 2.94. The molecule has 1 heterocycles. The Morgan fingerprint density at radius 2 is 1.66 bits per heavy atom. The summed E-state index contributed by atoms with van der Waals surface area (Å²) in [5.74, 6) is 1.88. The lowest BCUT2D eigenvalue weighted by Gasteiger charge is -2.08. The molecule has 0 saturated heterocycles. The first-order chi connectivity index (χ1) is 17.2. The smallest absolute Gasteiger partial charge is 0.230 e. The number of benzene rings is 3. The van der Waals surface area contributed by atoms with Crippen LogP contribution < -0.4 is 14.8 Å². The molecular weight excluding hydrogens is 442 g/mol. The van der Waals surface area contributed by atoms with E-state index < -0.39 is 0 Å². The van der Waals surface area contributed by atoms with Gasteiger partial charge in [-0.25, -0.2) is 0 Å². The molecule has 7 nitrogen and oxygen atoms in total. The van der Waals surface area contributed by atoms with Crippen molar-refractivity contribution in [1.82, 2.24) is 10.2 Å². The largest absolute Gasteiger partial charge is 0.497 e. The van der Waals surface area contributed by atoms with E-state index in [1.54, 1.807) is 7.11 Å². The van der Waals surface area contributed by atoms with Crippen molar-refractivity contribution in [2.45, 2.75) is 32.3 Å². The molecule has 4 rings (SSSR count). The number of nitrogens with one attached hydrogen (secondary N) is 2. The summed E-state index contributed by atoms with van der Waals surface area (Å²) in [5, 5.41) is 10.9. The molecule has 1 amide bonds. The number of amides is 1. The maximum absolute atomic E-state index is 12.5. The Bertz CT molecular complexity index is 1210. The zero-order chi connectivity index (χ0) is 24.3. The Hall–Kier alpha value is -3.84. The number of aromatic amines is 1. The van der Waals surface area contributed by atoms with Gasteiger partial charge in [-0.2, -0.15) is 5.10 Å². The molecule has 0 atom stereocenters. The van der Waals surface area contributed by atoms with Gasteiger partial charge in [0.15, 0.2) is 5.82 Å². The highest BCUT2D eigenvalue weighted by Gasteiger charge is 2.11. The van der Waals surface area contributed by atoms with Gasteiger partial charge in [-0.15, -0.1) is 0 Å². The standard InChI is InChI=1S/C28H31N3O4/c1-33-23-12-10-21(11-13-23)18-27(32)29-28-25-19-24(14-15-26(25)30-31-28)35-17-7-3-6-16-34-20-22-8-4-2-5-9-22/h2,4-5,8-15,19H,3,6-7,16-18,20H2,1H3,(H2,29,30,31,32). The van der Waals surface area contributed by atoms with Gasteiger partial charge in [-0.1, -0.05) is 42.5 Å². The second-order valence-electron chi connectivity index (χ2n) is 8.30. The SMILES string of the molecule is COc1ccc(CC(=O)Nc2n[nH]c3ccc(OCCCCCOCc4ccccc4)cc23)cc1. The molecule has 0 bridgehead atoms. The zero-order valence-corrected chi connectivity index (χ0v) is 20.0. The van der Waals surface area contributed by atoms with Crippen molar-refractivity contribution >= 4 is 22.6 Å². The highest BCUT2D eigenvalue weighted by atomic mass is 16.5. The average Bonchev–Trinajstić information content (AvgIpc) is 3.28. The molecule has 1 aromatic heterocycles. The van der Waals surface area contributed by atoms with E-state index in [1.165, 1.54) is 5.56 Å². The van der Waals surface area contributed by atoms with Gasteiger partial charge in [0.1, 0.15) is 11.5 Å². The summed E-state index contributed by atoms with van der Waals surface area (Å²) in [7, 11) is 1.62. The fourth-order valence-electron chi connectivity index (χ4n) is 3.72. The molecule has 0 radical (unpaired) electrons. The van der Waals surface area contributed by atoms with E-state index in [1.807, 2.05) is 60.7 Å². The van der Waals surface area contributed by atoms with Gasteiger partial charge in [-0.3, -0.25) is 9.89 Å². The van der Waals surface area contributed by atoms with Crippen molar-refractivity contribution in [3.63, 3.8) is 0 Å². The maximum Gasteiger partial charge on any atom is 0.230 e. The van der Waals surface area contributed by atoms with E-state index >= 15 is 0 Å². The van der Waals surface area contributed by atoms with Crippen molar-refractivity contribution < 1.29 is 19.0 Å². The van der Waals surface area contributed by atoms with Crippen LogP contribution in [0.1, 0.15) is 30.4 Å². The van der Waals surface area contributed by atoms with Crippen LogP contribution >= 0.6 is 0 Å². The molecule has 0 saturated carbocycles. The Morgan fingerprint density at radius 1 is 0.886 bits per heavy atom. The van der Waals surface area contributed by atoms with Crippen molar-refractivity contribution in [3.05, 3.63) is 83.9 Å². The van der Waals surface area contributed by atoms with Crippen molar-refractivity contribution in [2.75, 3.05) is 25.6 Å². The fourth-order valence-corrected chi connectivity index (χ4v) is 3.72. The third-order valence-corrected chi connectivity index (χ3v) is 5.63. The predicted molar refractivity (Wildman–Crippen MR) is 137 cm³/mol. The molecule has 0 aliphatic heterocycles. The van der Waals surface area contributed by atoms with Gasteiger partial charge in [0.25, 0.3) is 0 Å². The van der Waals surface area contributed by atoms with Crippen LogP contribution in [-0.2, 0) is 22.6 Å². The monoisotopic (exact) mass is 473 g/mol. The van der Waals surface area contributed by atoms with Gasteiger partial charge in [0.05, 0.1) is 32.3 Å². The van der Waals surface area contributed by atoms with Crippen molar-refractivity contribution in [1.29, 1.82) is 0 Å². The number of methoxy groups -OCH3 is 1. The Morgan fingerprint density at radius 3 is 2.46 bits per heavy atom. The number of unbranched alkanes of at least 4 members (excludes halogenated alkanes) is 2. The third kappa shape index (κ3) is 7.32. The van der Waals surface area contributed by atoms with E-state index in [4.69, 9.17) is 14.2 Å². The highest BCUT2D eigenvalue weighted by molar-refractivity contribution is 6.00. The number of hydrogen-bond acceptors (Lipinski definition) is 5. The number of ether oxygens (including phenoxy) is 3. The summed E-state index contributed by atoms with van der Waals surface area (Å²) in [4.78, 5) is 12.5. The molecular formula is C28H31N3O4. The van der Waals surface area contributed by atoms with Gasteiger partial charge in [0, 0.05) is 12.0 Å².